The first kappa shape index (κ1) is 13.3. The van der Waals surface area contributed by atoms with E-state index < -0.39 is 0 Å². The van der Waals surface area contributed by atoms with E-state index in [0.29, 0.717) is 0 Å². The maximum atomic E-state index is 12.6. The van der Waals surface area contributed by atoms with E-state index in [2.05, 4.69) is 0 Å². The van der Waals surface area contributed by atoms with Crippen LogP contribution in [0.2, 0.25) is 0 Å². The number of ketones is 1. The van der Waals surface area contributed by atoms with E-state index >= 15 is 0 Å². The Kier molecular flexibility index (Phi) is 3.70. The Bertz CT molecular complexity index is 627. The van der Waals surface area contributed by atoms with Gasteiger partial charge in [-0.05, 0) is 50.1 Å². The van der Waals surface area contributed by atoms with Gasteiger partial charge in [-0.2, -0.15) is 0 Å². The Morgan fingerprint density at radius 1 is 0.895 bits per heavy atom. The number of hydrogen-bond donors (Lipinski definition) is 0. The molecule has 0 amide bonds. The molecular formula is C17H18O2. The Labute approximate surface area is 114 Å². The zero-order chi connectivity index (χ0) is 14.0. The van der Waals surface area contributed by atoms with Gasteiger partial charge in [-0.3, -0.25) is 4.79 Å². The SMILES string of the molecule is COc1ccc(C(=O)c2ccc(C)cc2C)c(C)c1. The molecule has 98 valence electrons. The quantitative estimate of drug-likeness (QED) is 0.778. The molecule has 2 rings (SSSR count). The molecule has 0 N–H and O–H groups in total. The van der Waals surface area contributed by atoms with Crippen molar-refractivity contribution >= 4 is 5.78 Å². The van der Waals surface area contributed by atoms with E-state index in [1.165, 1.54) is 5.56 Å². The van der Waals surface area contributed by atoms with Crippen molar-refractivity contribution in [3.05, 3.63) is 64.2 Å². The highest BCUT2D eigenvalue weighted by molar-refractivity contribution is 6.10. The summed E-state index contributed by atoms with van der Waals surface area (Å²) in [6.07, 6.45) is 0. The van der Waals surface area contributed by atoms with Gasteiger partial charge in [0, 0.05) is 11.1 Å². The topological polar surface area (TPSA) is 26.3 Å². The van der Waals surface area contributed by atoms with Crippen LogP contribution in [0.3, 0.4) is 0 Å². The Morgan fingerprint density at radius 2 is 1.47 bits per heavy atom. The average Bonchev–Trinajstić information content (AvgIpc) is 2.37. The number of carbonyl (C=O) groups is 1. The Hall–Kier alpha value is -2.09. The van der Waals surface area contributed by atoms with Crippen molar-refractivity contribution in [1.29, 1.82) is 0 Å². The summed E-state index contributed by atoms with van der Waals surface area (Å²) in [6.45, 7) is 5.93. The van der Waals surface area contributed by atoms with Crippen molar-refractivity contribution in [2.24, 2.45) is 0 Å². The summed E-state index contributed by atoms with van der Waals surface area (Å²) in [7, 11) is 1.63. The van der Waals surface area contributed by atoms with Crippen LogP contribution >= 0.6 is 0 Å². The summed E-state index contributed by atoms with van der Waals surface area (Å²) >= 11 is 0. The molecule has 0 fully saturated rings. The van der Waals surface area contributed by atoms with Crippen LogP contribution in [0.15, 0.2) is 36.4 Å². The highest BCUT2D eigenvalue weighted by atomic mass is 16.5. The first-order chi connectivity index (χ1) is 9.02. The summed E-state index contributed by atoms with van der Waals surface area (Å²) in [6, 6.07) is 11.4. The Balaban J connectivity index is 2.44. The van der Waals surface area contributed by atoms with Crippen molar-refractivity contribution < 1.29 is 9.53 Å². The third-order valence-corrected chi connectivity index (χ3v) is 3.30. The second-order valence-corrected chi connectivity index (χ2v) is 4.83. The molecule has 0 aliphatic carbocycles. The lowest BCUT2D eigenvalue weighted by Crippen LogP contribution is -2.06. The number of hydrogen-bond acceptors (Lipinski definition) is 2. The summed E-state index contributed by atoms with van der Waals surface area (Å²) in [5.41, 5.74) is 4.61. The molecule has 0 heterocycles. The molecule has 0 radical (unpaired) electrons. The van der Waals surface area contributed by atoms with Gasteiger partial charge in [0.05, 0.1) is 7.11 Å². The monoisotopic (exact) mass is 254 g/mol. The minimum absolute atomic E-state index is 0.0673. The standard InChI is InChI=1S/C17H18O2/c1-11-5-7-15(12(2)9-11)17(18)16-8-6-14(19-4)10-13(16)3/h5-10H,1-4H3. The summed E-state index contributed by atoms with van der Waals surface area (Å²) in [5.74, 6) is 0.840. The first-order valence-electron chi connectivity index (χ1n) is 6.29. The second kappa shape index (κ2) is 5.27. The summed E-state index contributed by atoms with van der Waals surface area (Å²) in [4.78, 5) is 12.6. The van der Waals surface area contributed by atoms with Crippen molar-refractivity contribution in [1.82, 2.24) is 0 Å². The van der Waals surface area contributed by atoms with Crippen LogP contribution < -0.4 is 4.74 Å². The highest BCUT2D eigenvalue weighted by Crippen LogP contribution is 2.21. The average molecular weight is 254 g/mol. The first-order valence-corrected chi connectivity index (χ1v) is 6.29. The van der Waals surface area contributed by atoms with Crippen LogP contribution in [0, 0.1) is 20.8 Å². The predicted octanol–water partition coefficient (Wildman–Crippen LogP) is 3.85. The molecule has 0 aliphatic rings. The molecule has 0 saturated carbocycles. The lowest BCUT2D eigenvalue weighted by molar-refractivity contribution is 0.103. The molecule has 0 spiro atoms. The minimum Gasteiger partial charge on any atom is -0.497 e. The minimum atomic E-state index is 0.0673. The van der Waals surface area contributed by atoms with Gasteiger partial charge >= 0.3 is 0 Å². The molecule has 0 aromatic heterocycles. The third-order valence-electron chi connectivity index (χ3n) is 3.30. The summed E-state index contributed by atoms with van der Waals surface area (Å²) < 4.78 is 5.16. The molecular weight excluding hydrogens is 236 g/mol. The van der Waals surface area contributed by atoms with Gasteiger partial charge in [0.25, 0.3) is 0 Å². The van der Waals surface area contributed by atoms with Gasteiger partial charge < -0.3 is 4.74 Å². The van der Waals surface area contributed by atoms with E-state index in [0.717, 1.165) is 28.0 Å². The third kappa shape index (κ3) is 2.68. The smallest absolute Gasteiger partial charge is 0.193 e. The van der Waals surface area contributed by atoms with Gasteiger partial charge in [-0.25, -0.2) is 0 Å². The number of benzene rings is 2. The van der Waals surface area contributed by atoms with Gasteiger partial charge in [-0.1, -0.05) is 23.8 Å². The number of methoxy groups -OCH3 is 1. The lowest BCUT2D eigenvalue weighted by Gasteiger charge is -2.09. The maximum Gasteiger partial charge on any atom is 0.193 e. The van der Waals surface area contributed by atoms with Gasteiger partial charge in [0.2, 0.25) is 0 Å². The number of aryl methyl sites for hydroxylation is 3. The van der Waals surface area contributed by atoms with Crippen molar-refractivity contribution in [3.63, 3.8) is 0 Å². The van der Waals surface area contributed by atoms with Crippen LogP contribution in [0.1, 0.15) is 32.6 Å². The molecule has 0 atom stereocenters. The molecule has 19 heavy (non-hydrogen) atoms. The van der Waals surface area contributed by atoms with Crippen LogP contribution in [0.4, 0.5) is 0 Å². The molecule has 0 saturated heterocycles. The fourth-order valence-electron chi connectivity index (χ4n) is 2.23. The maximum absolute atomic E-state index is 12.6. The summed E-state index contributed by atoms with van der Waals surface area (Å²) in [5, 5.41) is 0. The van der Waals surface area contributed by atoms with Crippen LogP contribution in [0.5, 0.6) is 5.75 Å². The van der Waals surface area contributed by atoms with E-state index in [4.69, 9.17) is 4.74 Å². The van der Waals surface area contributed by atoms with E-state index in [-0.39, 0.29) is 5.78 Å². The van der Waals surface area contributed by atoms with E-state index in [1.807, 2.05) is 57.2 Å². The number of ether oxygens (including phenoxy) is 1. The second-order valence-electron chi connectivity index (χ2n) is 4.83. The van der Waals surface area contributed by atoms with Crippen molar-refractivity contribution in [2.45, 2.75) is 20.8 Å². The molecule has 2 aromatic rings. The molecule has 0 aliphatic heterocycles. The zero-order valence-corrected chi connectivity index (χ0v) is 11.8. The van der Waals surface area contributed by atoms with Gasteiger partial charge in [0.15, 0.2) is 5.78 Å². The van der Waals surface area contributed by atoms with E-state index in [9.17, 15) is 4.79 Å². The molecule has 2 heteroatoms. The van der Waals surface area contributed by atoms with Gasteiger partial charge in [0.1, 0.15) is 5.75 Å². The Morgan fingerprint density at radius 3 is 2.00 bits per heavy atom. The van der Waals surface area contributed by atoms with Crippen LogP contribution in [-0.2, 0) is 0 Å². The largest absolute Gasteiger partial charge is 0.497 e. The zero-order valence-electron chi connectivity index (χ0n) is 11.8. The normalized spacial score (nSPS) is 10.3. The molecule has 0 bridgehead atoms. The van der Waals surface area contributed by atoms with Crippen molar-refractivity contribution in [3.8, 4) is 5.75 Å². The fourth-order valence-corrected chi connectivity index (χ4v) is 2.23. The number of rotatable bonds is 3. The van der Waals surface area contributed by atoms with Crippen molar-refractivity contribution in [2.75, 3.05) is 7.11 Å². The fraction of sp³-hybridized carbons (Fsp3) is 0.235. The van der Waals surface area contributed by atoms with Crippen LogP contribution in [0.25, 0.3) is 0 Å². The van der Waals surface area contributed by atoms with E-state index in [1.54, 1.807) is 7.11 Å². The number of carbonyl (C=O) groups excluding carboxylic acids is 1. The highest BCUT2D eigenvalue weighted by Gasteiger charge is 2.14. The molecule has 0 unspecified atom stereocenters. The predicted molar refractivity (Wildman–Crippen MR) is 77.1 cm³/mol. The molecule has 2 nitrogen and oxygen atoms in total. The van der Waals surface area contributed by atoms with Crippen LogP contribution in [-0.4, -0.2) is 12.9 Å². The molecule has 2 aromatic carbocycles. The lowest BCUT2D eigenvalue weighted by atomic mass is 9.95. The van der Waals surface area contributed by atoms with Gasteiger partial charge in [-0.15, -0.1) is 0 Å².